The summed E-state index contributed by atoms with van der Waals surface area (Å²) < 4.78 is 6.18. The normalized spacial score (nSPS) is 12.4. The van der Waals surface area contributed by atoms with E-state index in [0.29, 0.717) is 11.6 Å². The van der Waals surface area contributed by atoms with Gasteiger partial charge in [0.15, 0.2) is 0 Å². The second-order valence-electron chi connectivity index (χ2n) is 3.07. The van der Waals surface area contributed by atoms with E-state index < -0.39 is 0 Å². The van der Waals surface area contributed by atoms with Crippen LogP contribution in [0, 0.1) is 0 Å². The van der Waals surface area contributed by atoms with E-state index in [9.17, 15) is 0 Å². The van der Waals surface area contributed by atoms with Crippen LogP contribution in [0.3, 0.4) is 0 Å². The summed E-state index contributed by atoms with van der Waals surface area (Å²) in [6, 6.07) is 3.62. The third-order valence-electron chi connectivity index (χ3n) is 2.08. The summed E-state index contributed by atoms with van der Waals surface area (Å²) in [5.74, 6) is 0.472. The number of halogens is 1. The standard InChI is InChI=1S/C10H10BrN3OS/c1-15-10-9(13-4-5-14-10)8(12)6-2-3-7(11)16-6/h2-5,8H,12H2,1H3. The predicted octanol–water partition coefficient (Wildman–Crippen LogP) is 2.36. The topological polar surface area (TPSA) is 61.0 Å². The molecule has 0 aromatic carbocycles. The molecule has 1 unspecified atom stereocenters. The summed E-state index contributed by atoms with van der Waals surface area (Å²) in [5, 5.41) is 0. The zero-order valence-electron chi connectivity index (χ0n) is 8.55. The third kappa shape index (κ3) is 2.23. The monoisotopic (exact) mass is 299 g/mol. The van der Waals surface area contributed by atoms with Gasteiger partial charge in [0.2, 0.25) is 5.88 Å². The first-order chi connectivity index (χ1) is 7.72. The van der Waals surface area contributed by atoms with Gasteiger partial charge in [0, 0.05) is 17.3 Å². The molecular formula is C10H10BrN3OS. The molecule has 0 radical (unpaired) electrons. The minimum absolute atomic E-state index is 0.306. The Hall–Kier alpha value is -0.980. The van der Waals surface area contributed by atoms with Crippen LogP contribution in [0.4, 0.5) is 0 Å². The number of nitrogens with zero attached hydrogens (tertiary/aromatic N) is 2. The molecule has 6 heteroatoms. The van der Waals surface area contributed by atoms with Gasteiger partial charge in [-0.2, -0.15) is 0 Å². The van der Waals surface area contributed by atoms with Gasteiger partial charge in [0.1, 0.15) is 5.69 Å². The zero-order valence-corrected chi connectivity index (χ0v) is 11.0. The quantitative estimate of drug-likeness (QED) is 0.945. The van der Waals surface area contributed by atoms with E-state index in [4.69, 9.17) is 10.5 Å². The van der Waals surface area contributed by atoms with E-state index in [1.807, 2.05) is 12.1 Å². The van der Waals surface area contributed by atoms with Crippen molar-refractivity contribution in [2.75, 3.05) is 7.11 Å². The largest absolute Gasteiger partial charge is 0.480 e. The fourth-order valence-corrected chi connectivity index (χ4v) is 2.77. The lowest BCUT2D eigenvalue weighted by Gasteiger charge is -2.11. The van der Waals surface area contributed by atoms with Crippen molar-refractivity contribution >= 4 is 27.3 Å². The molecule has 0 saturated carbocycles. The molecule has 2 aromatic rings. The summed E-state index contributed by atoms with van der Waals surface area (Å²) in [5.41, 5.74) is 6.77. The minimum Gasteiger partial charge on any atom is -0.480 e. The highest BCUT2D eigenvalue weighted by molar-refractivity contribution is 9.11. The number of aromatic nitrogens is 2. The van der Waals surface area contributed by atoms with Gasteiger partial charge in [-0.25, -0.2) is 4.98 Å². The fourth-order valence-electron chi connectivity index (χ4n) is 1.34. The van der Waals surface area contributed by atoms with Crippen LogP contribution >= 0.6 is 27.3 Å². The number of hydrogen-bond acceptors (Lipinski definition) is 5. The second kappa shape index (κ2) is 4.90. The average Bonchev–Trinajstić information content (AvgIpc) is 2.75. The molecule has 0 saturated heterocycles. The van der Waals surface area contributed by atoms with Crippen molar-refractivity contribution in [2.24, 2.45) is 5.73 Å². The predicted molar refractivity (Wildman–Crippen MR) is 66.6 cm³/mol. The first kappa shape index (κ1) is 11.5. The molecule has 0 aliphatic rings. The molecule has 2 heterocycles. The molecule has 4 nitrogen and oxygen atoms in total. The van der Waals surface area contributed by atoms with Crippen molar-refractivity contribution in [1.82, 2.24) is 9.97 Å². The molecule has 16 heavy (non-hydrogen) atoms. The molecule has 2 N–H and O–H groups in total. The van der Waals surface area contributed by atoms with E-state index in [0.717, 1.165) is 8.66 Å². The van der Waals surface area contributed by atoms with Gasteiger partial charge < -0.3 is 10.5 Å². The number of hydrogen-bond donors (Lipinski definition) is 1. The molecule has 2 rings (SSSR count). The first-order valence-corrected chi connectivity index (χ1v) is 6.19. The maximum atomic E-state index is 6.11. The fraction of sp³-hybridized carbons (Fsp3) is 0.200. The summed E-state index contributed by atoms with van der Waals surface area (Å²) in [6.07, 6.45) is 3.19. The summed E-state index contributed by atoms with van der Waals surface area (Å²) >= 11 is 4.98. The highest BCUT2D eigenvalue weighted by atomic mass is 79.9. The van der Waals surface area contributed by atoms with E-state index in [-0.39, 0.29) is 6.04 Å². The van der Waals surface area contributed by atoms with E-state index in [1.54, 1.807) is 30.8 Å². The van der Waals surface area contributed by atoms with Gasteiger partial charge in [0.25, 0.3) is 0 Å². The number of nitrogens with two attached hydrogens (primary N) is 1. The Balaban J connectivity index is 2.36. The molecule has 0 amide bonds. The van der Waals surface area contributed by atoms with Gasteiger partial charge in [-0.15, -0.1) is 11.3 Å². The van der Waals surface area contributed by atoms with Crippen LogP contribution in [0.2, 0.25) is 0 Å². The molecule has 0 bridgehead atoms. The van der Waals surface area contributed by atoms with Crippen molar-refractivity contribution in [1.29, 1.82) is 0 Å². The van der Waals surface area contributed by atoms with Gasteiger partial charge >= 0.3 is 0 Å². The van der Waals surface area contributed by atoms with Crippen LogP contribution in [0.5, 0.6) is 5.88 Å². The lowest BCUT2D eigenvalue weighted by atomic mass is 10.2. The molecular weight excluding hydrogens is 290 g/mol. The molecule has 1 atom stereocenters. The lowest BCUT2D eigenvalue weighted by molar-refractivity contribution is 0.387. The lowest BCUT2D eigenvalue weighted by Crippen LogP contribution is -2.14. The van der Waals surface area contributed by atoms with Gasteiger partial charge in [-0.05, 0) is 28.1 Å². The Kier molecular flexibility index (Phi) is 3.52. The van der Waals surface area contributed by atoms with Gasteiger partial charge in [-0.3, -0.25) is 4.98 Å². The van der Waals surface area contributed by atoms with Crippen molar-refractivity contribution in [3.63, 3.8) is 0 Å². The van der Waals surface area contributed by atoms with Crippen molar-refractivity contribution in [3.8, 4) is 5.88 Å². The maximum Gasteiger partial charge on any atom is 0.237 e. The number of methoxy groups -OCH3 is 1. The zero-order chi connectivity index (χ0) is 11.5. The summed E-state index contributed by atoms with van der Waals surface area (Å²) in [4.78, 5) is 9.31. The van der Waals surface area contributed by atoms with E-state index in [1.165, 1.54) is 0 Å². The van der Waals surface area contributed by atoms with Crippen molar-refractivity contribution in [2.45, 2.75) is 6.04 Å². The van der Waals surface area contributed by atoms with Crippen molar-refractivity contribution in [3.05, 3.63) is 38.9 Å². The molecule has 0 fully saturated rings. The molecule has 0 aliphatic heterocycles. The Morgan fingerprint density at radius 1 is 1.38 bits per heavy atom. The van der Waals surface area contributed by atoms with Crippen LogP contribution in [0.1, 0.15) is 16.6 Å². The summed E-state index contributed by atoms with van der Waals surface area (Å²) in [7, 11) is 1.56. The Bertz CT molecular complexity index is 488. The van der Waals surface area contributed by atoms with Gasteiger partial charge in [0.05, 0.1) is 16.9 Å². The maximum absolute atomic E-state index is 6.11. The van der Waals surface area contributed by atoms with Crippen LogP contribution in [0.25, 0.3) is 0 Å². The molecule has 0 aliphatic carbocycles. The molecule has 2 aromatic heterocycles. The number of rotatable bonds is 3. The number of ether oxygens (including phenoxy) is 1. The highest BCUT2D eigenvalue weighted by Crippen LogP contribution is 2.31. The Morgan fingerprint density at radius 3 is 2.75 bits per heavy atom. The molecule has 0 spiro atoms. The smallest absolute Gasteiger partial charge is 0.237 e. The van der Waals surface area contributed by atoms with E-state index in [2.05, 4.69) is 25.9 Å². The van der Waals surface area contributed by atoms with Crippen LogP contribution in [0.15, 0.2) is 28.3 Å². The average molecular weight is 300 g/mol. The van der Waals surface area contributed by atoms with Crippen molar-refractivity contribution < 1.29 is 4.74 Å². The number of thiophene rings is 1. The SMILES string of the molecule is COc1nccnc1C(N)c1ccc(Br)s1. The van der Waals surface area contributed by atoms with Crippen LogP contribution in [-0.4, -0.2) is 17.1 Å². The third-order valence-corrected chi connectivity index (χ3v) is 3.79. The first-order valence-electron chi connectivity index (χ1n) is 4.58. The minimum atomic E-state index is -0.306. The Labute approximate surface area is 106 Å². The van der Waals surface area contributed by atoms with Gasteiger partial charge in [-0.1, -0.05) is 0 Å². The Morgan fingerprint density at radius 2 is 2.12 bits per heavy atom. The summed E-state index contributed by atoms with van der Waals surface area (Å²) in [6.45, 7) is 0. The second-order valence-corrected chi connectivity index (χ2v) is 5.56. The molecule has 84 valence electrons. The van der Waals surface area contributed by atoms with E-state index >= 15 is 0 Å². The van der Waals surface area contributed by atoms with Crippen LogP contribution in [-0.2, 0) is 0 Å². The highest BCUT2D eigenvalue weighted by Gasteiger charge is 2.17. The van der Waals surface area contributed by atoms with Crippen LogP contribution < -0.4 is 10.5 Å².